The van der Waals surface area contributed by atoms with Gasteiger partial charge in [-0.05, 0) is 31.9 Å². The summed E-state index contributed by atoms with van der Waals surface area (Å²) >= 11 is 6.38. The molecule has 0 saturated carbocycles. The Balaban J connectivity index is 1.55. The summed E-state index contributed by atoms with van der Waals surface area (Å²) in [4.78, 5) is 9.12. The molecule has 4 rings (SSSR count). The molecule has 0 radical (unpaired) electrons. The Morgan fingerprint density at radius 2 is 1.94 bits per heavy atom. The maximum atomic E-state index is 12.0. The third-order valence-corrected chi connectivity index (χ3v) is 7.82. The molecule has 1 aliphatic heterocycles. The molecule has 31 heavy (non-hydrogen) atoms. The number of sulfonamides is 1. The van der Waals surface area contributed by atoms with Crippen LogP contribution in [-0.2, 0) is 10.0 Å². The van der Waals surface area contributed by atoms with Crippen molar-refractivity contribution in [1.82, 2.24) is 14.3 Å². The van der Waals surface area contributed by atoms with Crippen LogP contribution in [-0.4, -0.2) is 54.7 Å². The fourth-order valence-corrected chi connectivity index (χ4v) is 5.20. The van der Waals surface area contributed by atoms with Crippen LogP contribution in [0.15, 0.2) is 42.6 Å². The Bertz CT molecular complexity index is 1190. The van der Waals surface area contributed by atoms with Gasteiger partial charge in [-0.2, -0.15) is 0 Å². The van der Waals surface area contributed by atoms with Crippen LogP contribution in [0, 0.1) is 0 Å². The van der Waals surface area contributed by atoms with Crippen molar-refractivity contribution in [1.29, 1.82) is 0 Å². The lowest BCUT2D eigenvalue weighted by Gasteiger charge is -2.31. The van der Waals surface area contributed by atoms with E-state index in [-0.39, 0.29) is 11.8 Å². The van der Waals surface area contributed by atoms with Crippen LogP contribution in [0.1, 0.15) is 19.8 Å². The zero-order valence-electron chi connectivity index (χ0n) is 17.5. The first-order chi connectivity index (χ1) is 14.9. The Labute approximate surface area is 187 Å². The number of aromatic nitrogens is 2. The third kappa shape index (κ3) is 4.61. The number of piperidine rings is 1. The second-order valence-electron chi connectivity index (χ2n) is 7.50. The predicted octanol–water partition coefficient (Wildman–Crippen LogP) is 4.18. The molecule has 1 saturated heterocycles. The predicted molar refractivity (Wildman–Crippen MR) is 124 cm³/mol. The first-order valence-corrected chi connectivity index (χ1v) is 12.2. The number of nitrogens with zero attached hydrogens (tertiary/aromatic N) is 3. The first-order valence-electron chi connectivity index (χ1n) is 10.3. The third-order valence-electron chi connectivity index (χ3n) is 5.61. The van der Waals surface area contributed by atoms with Gasteiger partial charge in [0.25, 0.3) is 0 Å². The van der Waals surface area contributed by atoms with Crippen molar-refractivity contribution in [2.24, 2.45) is 0 Å². The van der Waals surface area contributed by atoms with Gasteiger partial charge in [0.05, 0.1) is 18.4 Å². The zero-order chi connectivity index (χ0) is 22.0. The summed E-state index contributed by atoms with van der Waals surface area (Å²) in [6, 6.07) is 11.6. The van der Waals surface area contributed by atoms with E-state index in [1.54, 1.807) is 24.5 Å². The maximum absolute atomic E-state index is 12.0. The van der Waals surface area contributed by atoms with Gasteiger partial charge in [-0.15, -0.1) is 0 Å². The minimum Gasteiger partial charge on any atom is -0.496 e. The fraction of sp³-hybridized carbons (Fsp3) is 0.364. The van der Waals surface area contributed by atoms with Crippen molar-refractivity contribution >= 4 is 38.5 Å². The molecule has 1 aliphatic rings. The molecule has 0 unspecified atom stereocenters. The number of hydrogen-bond donors (Lipinski definition) is 1. The Morgan fingerprint density at radius 3 is 2.61 bits per heavy atom. The molecule has 0 spiro atoms. The largest absolute Gasteiger partial charge is 0.496 e. The molecule has 7 nitrogen and oxygen atoms in total. The topological polar surface area (TPSA) is 84.4 Å². The van der Waals surface area contributed by atoms with Crippen molar-refractivity contribution in [3.63, 3.8) is 0 Å². The monoisotopic (exact) mass is 460 g/mol. The summed E-state index contributed by atoms with van der Waals surface area (Å²) in [6.45, 7) is 2.70. The molecule has 0 amide bonds. The summed E-state index contributed by atoms with van der Waals surface area (Å²) in [7, 11) is -1.51. The lowest BCUT2D eigenvalue weighted by molar-refractivity contribution is 0.329. The summed E-state index contributed by atoms with van der Waals surface area (Å²) in [5.41, 5.74) is 2.53. The minimum atomic E-state index is -3.13. The van der Waals surface area contributed by atoms with Crippen molar-refractivity contribution in [2.75, 3.05) is 31.3 Å². The van der Waals surface area contributed by atoms with Crippen LogP contribution in [0.2, 0.25) is 5.02 Å². The number of fused-ring (bicyclic) bond motifs is 1. The quantitative estimate of drug-likeness (QED) is 0.593. The second kappa shape index (κ2) is 8.98. The smallest absolute Gasteiger partial charge is 0.223 e. The van der Waals surface area contributed by atoms with Gasteiger partial charge in [-0.25, -0.2) is 22.7 Å². The highest BCUT2D eigenvalue weighted by Crippen LogP contribution is 2.37. The molecule has 1 N–H and O–H groups in total. The number of anilines is 1. The molecule has 0 bridgehead atoms. The maximum Gasteiger partial charge on any atom is 0.223 e. The highest BCUT2D eigenvalue weighted by Gasteiger charge is 2.27. The van der Waals surface area contributed by atoms with Crippen molar-refractivity contribution in [3.8, 4) is 16.9 Å². The standard InChI is InChI=1S/C22H25ClN4O3S/c1-3-31(28,29)27-10-8-16(9-11-27)25-22-24-14-15-12-18(17-6-4-5-7-19(17)23)21(30-2)13-20(15)26-22/h4-7,12-14,16H,3,8-11H2,1-2H3,(H,24,25,26). The van der Waals surface area contributed by atoms with Gasteiger partial charge < -0.3 is 10.1 Å². The van der Waals surface area contributed by atoms with Crippen LogP contribution >= 0.6 is 11.6 Å². The second-order valence-corrected chi connectivity index (χ2v) is 10.2. The van der Waals surface area contributed by atoms with E-state index in [2.05, 4.69) is 15.3 Å². The van der Waals surface area contributed by atoms with Gasteiger partial charge >= 0.3 is 0 Å². The molecule has 2 heterocycles. The minimum absolute atomic E-state index is 0.130. The lowest BCUT2D eigenvalue weighted by atomic mass is 10.0. The van der Waals surface area contributed by atoms with E-state index in [0.29, 0.717) is 29.8 Å². The van der Waals surface area contributed by atoms with Gasteiger partial charge in [0.2, 0.25) is 16.0 Å². The van der Waals surface area contributed by atoms with E-state index < -0.39 is 10.0 Å². The molecular formula is C22H25ClN4O3S. The van der Waals surface area contributed by atoms with E-state index in [9.17, 15) is 8.42 Å². The number of ether oxygens (including phenoxy) is 1. The van der Waals surface area contributed by atoms with Gasteiger partial charge in [0.1, 0.15) is 5.75 Å². The van der Waals surface area contributed by atoms with E-state index in [1.165, 1.54) is 0 Å². The van der Waals surface area contributed by atoms with Crippen LogP contribution in [0.4, 0.5) is 5.95 Å². The molecule has 2 aromatic carbocycles. The molecule has 164 valence electrons. The number of rotatable bonds is 6. The SMILES string of the molecule is CCS(=O)(=O)N1CCC(Nc2ncc3cc(-c4ccccc4Cl)c(OC)cc3n2)CC1. The summed E-state index contributed by atoms with van der Waals surface area (Å²) in [5.74, 6) is 1.34. The van der Waals surface area contributed by atoms with E-state index >= 15 is 0 Å². The van der Waals surface area contributed by atoms with Gasteiger partial charge in [-0.1, -0.05) is 29.8 Å². The normalized spacial score (nSPS) is 15.8. The number of nitrogens with one attached hydrogen (secondary N) is 1. The highest BCUT2D eigenvalue weighted by molar-refractivity contribution is 7.89. The number of hydrogen-bond acceptors (Lipinski definition) is 6. The molecule has 0 atom stereocenters. The van der Waals surface area contributed by atoms with E-state index in [1.807, 2.05) is 36.4 Å². The lowest BCUT2D eigenvalue weighted by Crippen LogP contribution is -2.43. The fourth-order valence-electron chi connectivity index (χ4n) is 3.83. The van der Waals surface area contributed by atoms with Gasteiger partial charge in [0.15, 0.2) is 0 Å². The summed E-state index contributed by atoms with van der Waals surface area (Å²) in [5, 5.41) is 4.88. The number of benzene rings is 2. The van der Waals surface area contributed by atoms with Crippen molar-refractivity contribution in [2.45, 2.75) is 25.8 Å². The number of methoxy groups -OCH3 is 1. The summed E-state index contributed by atoms with van der Waals surface area (Å²) < 4.78 is 31.2. The molecular weight excluding hydrogens is 436 g/mol. The highest BCUT2D eigenvalue weighted by atomic mass is 35.5. The van der Waals surface area contributed by atoms with Crippen LogP contribution in [0.25, 0.3) is 22.0 Å². The average molecular weight is 461 g/mol. The van der Waals surface area contributed by atoms with Gasteiger partial charge in [-0.3, -0.25) is 0 Å². The first kappa shape index (κ1) is 21.8. The Hall–Kier alpha value is -2.42. The van der Waals surface area contributed by atoms with E-state index in [0.717, 1.165) is 34.9 Å². The molecule has 0 aliphatic carbocycles. The van der Waals surface area contributed by atoms with Crippen molar-refractivity contribution < 1.29 is 13.2 Å². The molecule has 1 aromatic heterocycles. The zero-order valence-corrected chi connectivity index (χ0v) is 19.1. The van der Waals surface area contributed by atoms with Crippen LogP contribution < -0.4 is 10.1 Å². The van der Waals surface area contributed by atoms with Gasteiger partial charge in [0, 0.05) is 52.9 Å². The number of halogens is 1. The Kier molecular flexibility index (Phi) is 6.31. The molecule has 9 heteroatoms. The van der Waals surface area contributed by atoms with E-state index in [4.69, 9.17) is 16.3 Å². The Morgan fingerprint density at radius 1 is 1.19 bits per heavy atom. The van der Waals surface area contributed by atoms with Crippen LogP contribution in [0.5, 0.6) is 5.75 Å². The molecule has 1 fully saturated rings. The molecule has 3 aromatic rings. The average Bonchev–Trinajstić information content (AvgIpc) is 2.79. The van der Waals surface area contributed by atoms with Crippen LogP contribution in [0.3, 0.4) is 0 Å². The summed E-state index contributed by atoms with van der Waals surface area (Å²) in [6.07, 6.45) is 3.21. The van der Waals surface area contributed by atoms with Crippen molar-refractivity contribution in [3.05, 3.63) is 47.6 Å².